The highest BCUT2D eigenvalue weighted by atomic mass is 16.5. The number of hydrogen-bond donors (Lipinski definition) is 1. The van der Waals surface area contributed by atoms with Gasteiger partial charge in [-0.05, 0) is 25.5 Å². The summed E-state index contributed by atoms with van der Waals surface area (Å²) in [6, 6.07) is 8.06. The van der Waals surface area contributed by atoms with Crippen molar-refractivity contribution in [2.24, 2.45) is 0 Å². The van der Waals surface area contributed by atoms with Gasteiger partial charge in [-0.2, -0.15) is 0 Å². The number of amides is 1. The summed E-state index contributed by atoms with van der Waals surface area (Å²) in [6.45, 7) is 4.69. The van der Waals surface area contributed by atoms with Crippen molar-refractivity contribution in [1.29, 1.82) is 0 Å². The third-order valence-electron chi connectivity index (χ3n) is 3.57. The van der Waals surface area contributed by atoms with E-state index >= 15 is 0 Å². The molecule has 2 rings (SSSR count). The van der Waals surface area contributed by atoms with E-state index in [1.807, 2.05) is 38.2 Å². The Morgan fingerprint density at radius 3 is 2.67 bits per heavy atom. The number of ether oxygens (including phenoxy) is 2. The molecule has 5 nitrogen and oxygen atoms in total. The molecule has 0 saturated carbocycles. The normalized spacial score (nSPS) is 18.7. The van der Waals surface area contributed by atoms with E-state index in [1.54, 1.807) is 4.90 Å². The molecule has 116 valence electrons. The summed E-state index contributed by atoms with van der Waals surface area (Å²) in [5.41, 5.74) is 0. The number of carbonyl (C=O) groups excluding carboxylic acids is 1. The molecule has 1 amide bonds. The van der Waals surface area contributed by atoms with Crippen LogP contribution < -0.4 is 14.8 Å². The van der Waals surface area contributed by atoms with Crippen LogP contribution in [0.5, 0.6) is 11.5 Å². The van der Waals surface area contributed by atoms with E-state index in [2.05, 4.69) is 5.32 Å². The minimum absolute atomic E-state index is 0.231. The molecule has 1 saturated heterocycles. The van der Waals surface area contributed by atoms with Crippen LogP contribution in [0.4, 0.5) is 0 Å². The Hall–Kier alpha value is -1.75. The summed E-state index contributed by atoms with van der Waals surface area (Å²) in [6.07, 6.45) is 1.53. The second kappa shape index (κ2) is 7.88. The molecule has 1 aromatic carbocycles. The monoisotopic (exact) mass is 292 g/mol. The molecule has 5 heteroatoms. The number of para-hydroxylation sites is 2. The minimum atomic E-state index is 0.231. The highest BCUT2D eigenvalue weighted by Crippen LogP contribution is 2.26. The number of carbonyl (C=O) groups is 1. The van der Waals surface area contributed by atoms with Crippen LogP contribution >= 0.6 is 0 Å². The number of likely N-dealkylation sites (N-methyl/N-ethyl adjacent to an activating group) is 1. The molecule has 21 heavy (non-hydrogen) atoms. The zero-order valence-electron chi connectivity index (χ0n) is 12.8. The first-order valence-electron chi connectivity index (χ1n) is 7.52. The maximum Gasteiger partial charge on any atom is 0.222 e. The van der Waals surface area contributed by atoms with E-state index < -0.39 is 0 Å². The SMILES string of the molecule is CCOc1ccccc1OCCNC1CCC(=O)N(C)C1. The quantitative estimate of drug-likeness (QED) is 0.777. The number of nitrogens with one attached hydrogen (secondary N) is 1. The lowest BCUT2D eigenvalue weighted by Crippen LogP contribution is -2.47. The summed E-state index contributed by atoms with van der Waals surface area (Å²) >= 11 is 0. The van der Waals surface area contributed by atoms with Crippen molar-refractivity contribution in [2.75, 3.05) is 33.4 Å². The second-order valence-corrected chi connectivity index (χ2v) is 5.19. The molecule has 1 atom stereocenters. The van der Waals surface area contributed by atoms with Crippen LogP contribution in [-0.2, 0) is 4.79 Å². The molecule has 1 heterocycles. The lowest BCUT2D eigenvalue weighted by molar-refractivity contribution is -0.132. The smallest absolute Gasteiger partial charge is 0.222 e. The van der Waals surface area contributed by atoms with Gasteiger partial charge in [-0.3, -0.25) is 4.79 Å². The Morgan fingerprint density at radius 1 is 1.29 bits per heavy atom. The standard InChI is InChI=1S/C16H24N2O3/c1-3-20-14-6-4-5-7-15(14)21-11-10-17-13-8-9-16(19)18(2)12-13/h4-7,13,17H,3,8-12H2,1-2H3. The van der Waals surface area contributed by atoms with Gasteiger partial charge in [0.2, 0.25) is 5.91 Å². The van der Waals surface area contributed by atoms with E-state index in [9.17, 15) is 4.79 Å². The molecule has 1 aromatic rings. The van der Waals surface area contributed by atoms with Crippen molar-refractivity contribution in [1.82, 2.24) is 10.2 Å². The average Bonchev–Trinajstić information content (AvgIpc) is 2.49. The van der Waals surface area contributed by atoms with Gasteiger partial charge in [-0.25, -0.2) is 0 Å². The maximum absolute atomic E-state index is 11.4. The summed E-state index contributed by atoms with van der Waals surface area (Å²) in [4.78, 5) is 13.2. The number of benzene rings is 1. The Kier molecular flexibility index (Phi) is 5.87. The van der Waals surface area contributed by atoms with Gasteiger partial charge in [0.25, 0.3) is 0 Å². The maximum atomic E-state index is 11.4. The van der Waals surface area contributed by atoms with Crippen LogP contribution in [0.1, 0.15) is 19.8 Å². The second-order valence-electron chi connectivity index (χ2n) is 5.19. The first kappa shape index (κ1) is 15.6. The van der Waals surface area contributed by atoms with Crippen molar-refractivity contribution in [3.8, 4) is 11.5 Å². The molecule has 1 N–H and O–H groups in total. The summed E-state index contributed by atoms with van der Waals surface area (Å²) < 4.78 is 11.3. The Morgan fingerprint density at radius 2 is 2.00 bits per heavy atom. The van der Waals surface area contributed by atoms with E-state index in [-0.39, 0.29) is 5.91 Å². The number of nitrogens with zero attached hydrogens (tertiary/aromatic N) is 1. The van der Waals surface area contributed by atoms with Gasteiger partial charge in [0.1, 0.15) is 6.61 Å². The van der Waals surface area contributed by atoms with Crippen molar-refractivity contribution in [3.05, 3.63) is 24.3 Å². The van der Waals surface area contributed by atoms with E-state index in [1.165, 1.54) is 0 Å². The van der Waals surface area contributed by atoms with Gasteiger partial charge in [-0.15, -0.1) is 0 Å². The van der Waals surface area contributed by atoms with Crippen LogP contribution in [0, 0.1) is 0 Å². The summed E-state index contributed by atoms with van der Waals surface area (Å²) in [5, 5.41) is 3.43. The van der Waals surface area contributed by atoms with E-state index in [4.69, 9.17) is 9.47 Å². The van der Waals surface area contributed by atoms with Crippen LogP contribution in [0.15, 0.2) is 24.3 Å². The first-order chi connectivity index (χ1) is 10.2. The van der Waals surface area contributed by atoms with Gasteiger partial charge in [0, 0.05) is 32.6 Å². The third kappa shape index (κ3) is 4.63. The van der Waals surface area contributed by atoms with Crippen molar-refractivity contribution in [3.63, 3.8) is 0 Å². The van der Waals surface area contributed by atoms with Crippen molar-refractivity contribution < 1.29 is 14.3 Å². The molecule has 0 radical (unpaired) electrons. The minimum Gasteiger partial charge on any atom is -0.490 e. The summed E-state index contributed by atoms with van der Waals surface area (Å²) in [7, 11) is 1.85. The van der Waals surface area contributed by atoms with Crippen LogP contribution in [-0.4, -0.2) is 50.2 Å². The largest absolute Gasteiger partial charge is 0.490 e. The molecule has 1 fully saturated rings. The molecule has 0 aliphatic carbocycles. The highest BCUT2D eigenvalue weighted by molar-refractivity contribution is 5.76. The fourth-order valence-electron chi connectivity index (χ4n) is 2.45. The molecular weight excluding hydrogens is 268 g/mol. The fourth-order valence-corrected chi connectivity index (χ4v) is 2.45. The lowest BCUT2D eigenvalue weighted by Gasteiger charge is -2.30. The summed E-state index contributed by atoms with van der Waals surface area (Å²) in [5.74, 6) is 1.79. The third-order valence-corrected chi connectivity index (χ3v) is 3.57. The Labute approximate surface area is 126 Å². The van der Waals surface area contributed by atoms with E-state index in [0.717, 1.165) is 31.0 Å². The predicted octanol–water partition coefficient (Wildman–Crippen LogP) is 1.67. The zero-order chi connectivity index (χ0) is 15.1. The first-order valence-corrected chi connectivity index (χ1v) is 7.52. The molecule has 0 bridgehead atoms. The van der Waals surface area contributed by atoms with Crippen molar-refractivity contribution in [2.45, 2.75) is 25.8 Å². The highest BCUT2D eigenvalue weighted by Gasteiger charge is 2.21. The predicted molar refractivity (Wildman–Crippen MR) is 81.8 cm³/mol. The zero-order valence-corrected chi connectivity index (χ0v) is 12.8. The van der Waals surface area contributed by atoms with Gasteiger partial charge in [0.05, 0.1) is 6.61 Å². The Balaban J connectivity index is 1.71. The molecule has 1 aliphatic heterocycles. The molecule has 1 aliphatic rings. The molecule has 0 spiro atoms. The topological polar surface area (TPSA) is 50.8 Å². The molecule has 1 unspecified atom stereocenters. The molecule has 0 aromatic heterocycles. The number of rotatable bonds is 7. The van der Waals surface area contributed by atoms with E-state index in [0.29, 0.717) is 25.7 Å². The van der Waals surface area contributed by atoms with Crippen LogP contribution in [0.2, 0.25) is 0 Å². The van der Waals surface area contributed by atoms with Crippen LogP contribution in [0.25, 0.3) is 0 Å². The Bertz CT molecular complexity index is 465. The number of likely N-dealkylation sites (tertiary alicyclic amines) is 1. The number of piperidine rings is 1. The average molecular weight is 292 g/mol. The van der Waals surface area contributed by atoms with Crippen molar-refractivity contribution >= 4 is 5.91 Å². The van der Waals surface area contributed by atoms with Crippen LogP contribution in [0.3, 0.4) is 0 Å². The lowest BCUT2D eigenvalue weighted by atomic mass is 10.1. The molecular formula is C16H24N2O3. The fraction of sp³-hybridized carbons (Fsp3) is 0.562. The van der Waals surface area contributed by atoms with Gasteiger partial charge in [0.15, 0.2) is 11.5 Å². The van der Waals surface area contributed by atoms with Gasteiger partial charge < -0.3 is 19.7 Å². The van der Waals surface area contributed by atoms with Gasteiger partial charge in [-0.1, -0.05) is 12.1 Å². The number of hydrogen-bond acceptors (Lipinski definition) is 4. The van der Waals surface area contributed by atoms with Gasteiger partial charge >= 0.3 is 0 Å².